The van der Waals surface area contributed by atoms with Crippen LogP contribution < -0.4 is 5.32 Å². The lowest BCUT2D eigenvalue weighted by molar-refractivity contribution is -0.385. The van der Waals surface area contributed by atoms with E-state index in [1.165, 1.54) is 12.1 Å². The fourth-order valence-electron chi connectivity index (χ4n) is 2.06. The number of hydrogen-bond donors (Lipinski definition) is 1. The lowest BCUT2D eigenvalue weighted by Gasteiger charge is -2.09. The van der Waals surface area contributed by atoms with Crippen molar-refractivity contribution in [3.63, 3.8) is 0 Å². The van der Waals surface area contributed by atoms with E-state index in [0.717, 1.165) is 5.56 Å². The maximum absolute atomic E-state index is 13.7. The topological polar surface area (TPSA) is 55.2 Å². The Morgan fingerprint density at radius 3 is 2.62 bits per heavy atom. The molecule has 21 heavy (non-hydrogen) atoms. The van der Waals surface area contributed by atoms with Crippen LogP contribution >= 0.6 is 15.9 Å². The first-order valence-corrected chi connectivity index (χ1v) is 7.16. The maximum atomic E-state index is 13.7. The zero-order valence-electron chi connectivity index (χ0n) is 11.4. The highest BCUT2D eigenvalue weighted by Gasteiger charge is 2.12. The molecule has 0 aromatic heterocycles. The molecule has 1 N–H and O–H groups in total. The molecule has 6 heteroatoms. The predicted molar refractivity (Wildman–Crippen MR) is 82.5 cm³/mol. The number of rotatable bonds is 5. The molecule has 0 radical (unpaired) electrons. The molecule has 0 unspecified atom stereocenters. The van der Waals surface area contributed by atoms with E-state index in [4.69, 9.17) is 0 Å². The van der Waals surface area contributed by atoms with Crippen LogP contribution in [0.15, 0.2) is 40.9 Å². The summed E-state index contributed by atoms with van der Waals surface area (Å²) >= 11 is 3.21. The summed E-state index contributed by atoms with van der Waals surface area (Å²) in [6.45, 7) is 2.53. The first kappa shape index (κ1) is 15.6. The van der Waals surface area contributed by atoms with Crippen LogP contribution in [0.1, 0.15) is 16.7 Å². The van der Waals surface area contributed by atoms with Gasteiger partial charge in [-0.05, 0) is 24.6 Å². The van der Waals surface area contributed by atoms with Crippen molar-refractivity contribution in [2.75, 3.05) is 0 Å². The van der Waals surface area contributed by atoms with Crippen molar-refractivity contribution in [2.45, 2.75) is 20.0 Å². The Balaban J connectivity index is 2.04. The zero-order chi connectivity index (χ0) is 15.4. The molecule has 4 nitrogen and oxygen atoms in total. The number of nitro groups is 1. The number of hydrogen-bond acceptors (Lipinski definition) is 3. The second kappa shape index (κ2) is 6.78. The summed E-state index contributed by atoms with van der Waals surface area (Å²) in [6.07, 6.45) is 0. The minimum atomic E-state index is -0.396. The van der Waals surface area contributed by atoms with Gasteiger partial charge in [-0.25, -0.2) is 4.39 Å². The molecule has 0 saturated carbocycles. The molecule has 2 aromatic rings. The molecule has 0 amide bonds. The SMILES string of the molecule is Cc1c(CNCc2ccc(Br)cc2F)cccc1[N+](=O)[O-]. The Kier molecular flexibility index (Phi) is 5.03. The van der Waals surface area contributed by atoms with Gasteiger partial charge in [0.25, 0.3) is 5.69 Å². The third kappa shape index (κ3) is 3.86. The Bertz CT molecular complexity index is 677. The van der Waals surface area contributed by atoms with Crippen LogP contribution in [-0.2, 0) is 13.1 Å². The maximum Gasteiger partial charge on any atom is 0.272 e. The molecule has 0 aliphatic rings. The fourth-order valence-corrected chi connectivity index (χ4v) is 2.39. The van der Waals surface area contributed by atoms with Crippen molar-refractivity contribution in [3.8, 4) is 0 Å². The van der Waals surface area contributed by atoms with Crippen molar-refractivity contribution in [2.24, 2.45) is 0 Å². The smallest absolute Gasteiger partial charge is 0.272 e. The quantitative estimate of drug-likeness (QED) is 0.651. The van der Waals surface area contributed by atoms with Gasteiger partial charge in [-0.2, -0.15) is 0 Å². The Morgan fingerprint density at radius 2 is 1.95 bits per heavy atom. The van der Waals surface area contributed by atoms with Crippen molar-refractivity contribution in [1.29, 1.82) is 0 Å². The summed E-state index contributed by atoms with van der Waals surface area (Å²) in [5.41, 5.74) is 2.12. The third-order valence-corrected chi connectivity index (χ3v) is 3.75. The van der Waals surface area contributed by atoms with E-state index in [-0.39, 0.29) is 11.5 Å². The second-order valence-electron chi connectivity index (χ2n) is 4.66. The molecule has 110 valence electrons. The summed E-state index contributed by atoms with van der Waals surface area (Å²) in [4.78, 5) is 10.5. The number of halogens is 2. The summed E-state index contributed by atoms with van der Waals surface area (Å²) in [5.74, 6) is -0.285. The molecule has 0 bridgehead atoms. The molecule has 0 aliphatic heterocycles. The first-order valence-electron chi connectivity index (χ1n) is 6.36. The molecule has 2 rings (SSSR count). The van der Waals surface area contributed by atoms with E-state index >= 15 is 0 Å². The monoisotopic (exact) mass is 352 g/mol. The second-order valence-corrected chi connectivity index (χ2v) is 5.57. The highest BCUT2D eigenvalue weighted by molar-refractivity contribution is 9.10. The summed E-state index contributed by atoms with van der Waals surface area (Å²) in [5, 5.41) is 14.0. The van der Waals surface area contributed by atoms with Gasteiger partial charge in [-0.15, -0.1) is 0 Å². The van der Waals surface area contributed by atoms with Gasteiger partial charge in [0, 0.05) is 34.8 Å². The van der Waals surface area contributed by atoms with E-state index in [0.29, 0.717) is 28.7 Å². The van der Waals surface area contributed by atoms with Crippen molar-refractivity contribution >= 4 is 21.6 Å². The van der Waals surface area contributed by atoms with Gasteiger partial charge in [0.2, 0.25) is 0 Å². The largest absolute Gasteiger partial charge is 0.308 e. The van der Waals surface area contributed by atoms with Gasteiger partial charge in [-0.1, -0.05) is 34.1 Å². The van der Waals surface area contributed by atoms with Crippen LogP contribution in [0.2, 0.25) is 0 Å². The van der Waals surface area contributed by atoms with Crippen molar-refractivity contribution in [1.82, 2.24) is 5.32 Å². The standard InChI is InChI=1S/C15H14BrFN2O2/c1-10-11(3-2-4-15(10)19(20)21)8-18-9-12-5-6-13(16)7-14(12)17/h2-7,18H,8-9H2,1H3. The number of nitrogens with one attached hydrogen (secondary N) is 1. The number of nitro benzene ring substituents is 1. The van der Waals surface area contributed by atoms with Gasteiger partial charge in [-0.3, -0.25) is 10.1 Å². The van der Waals surface area contributed by atoms with Crippen LogP contribution in [0, 0.1) is 22.9 Å². The summed E-state index contributed by atoms with van der Waals surface area (Å²) < 4.78 is 14.4. The Labute approximate surface area is 130 Å². The van der Waals surface area contributed by atoms with Crippen LogP contribution in [0.3, 0.4) is 0 Å². The van der Waals surface area contributed by atoms with Gasteiger partial charge in [0.1, 0.15) is 5.82 Å². The van der Waals surface area contributed by atoms with Crippen LogP contribution in [0.5, 0.6) is 0 Å². The van der Waals surface area contributed by atoms with E-state index in [1.54, 1.807) is 25.1 Å². The Morgan fingerprint density at radius 1 is 1.24 bits per heavy atom. The minimum Gasteiger partial charge on any atom is -0.308 e. The number of benzene rings is 2. The molecule has 0 fully saturated rings. The van der Waals surface area contributed by atoms with Crippen LogP contribution in [0.25, 0.3) is 0 Å². The average molecular weight is 353 g/mol. The van der Waals surface area contributed by atoms with Crippen molar-refractivity contribution < 1.29 is 9.31 Å². The molecule has 0 saturated heterocycles. The minimum absolute atomic E-state index is 0.101. The fraction of sp³-hybridized carbons (Fsp3) is 0.200. The third-order valence-electron chi connectivity index (χ3n) is 3.26. The predicted octanol–water partition coefficient (Wildman–Crippen LogP) is 4.09. The molecule has 0 aliphatic carbocycles. The number of nitrogens with zero attached hydrogens (tertiary/aromatic N) is 1. The normalized spacial score (nSPS) is 10.6. The molecular weight excluding hydrogens is 339 g/mol. The van der Waals surface area contributed by atoms with E-state index in [9.17, 15) is 14.5 Å². The molecular formula is C15H14BrFN2O2. The summed E-state index contributed by atoms with van der Waals surface area (Å²) in [6, 6.07) is 9.85. The van der Waals surface area contributed by atoms with E-state index in [2.05, 4.69) is 21.2 Å². The molecule has 0 spiro atoms. The lowest BCUT2D eigenvalue weighted by Crippen LogP contribution is -2.14. The summed E-state index contributed by atoms with van der Waals surface area (Å²) in [7, 11) is 0. The van der Waals surface area contributed by atoms with Gasteiger partial charge < -0.3 is 5.32 Å². The highest BCUT2D eigenvalue weighted by Crippen LogP contribution is 2.21. The average Bonchev–Trinajstić information content (AvgIpc) is 2.42. The van der Waals surface area contributed by atoms with Crippen LogP contribution in [0.4, 0.5) is 10.1 Å². The van der Waals surface area contributed by atoms with Gasteiger partial charge in [0.05, 0.1) is 4.92 Å². The molecule has 0 atom stereocenters. The van der Waals surface area contributed by atoms with Crippen molar-refractivity contribution in [3.05, 3.63) is 73.5 Å². The van der Waals surface area contributed by atoms with Crippen LogP contribution in [-0.4, -0.2) is 4.92 Å². The highest BCUT2D eigenvalue weighted by atomic mass is 79.9. The zero-order valence-corrected chi connectivity index (χ0v) is 13.0. The molecule has 2 aromatic carbocycles. The van der Waals surface area contributed by atoms with Gasteiger partial charge >= 0.3 is 0 Å². The van der Waals surface area contributed by atoms with E-state index < -0.39 is 4.92 Å². The Hall–Kier alpha value is -1.79. The molecule has 0 heterocycles. The lowest BCUT2D eigenvalue weighted by atomic mass is 10.1. The van der Waals surface area contributed by atoms with E-state index in [1.807, 2.05) is 6.07 Å². The van der Waals surface area contributed by atoms with Gasteiger partial charge in [0.15, 0.2) is 0 Å². The first-order chi connectivity index (χ1) is 9.99.